The number of carbonyl (C=O) groups is 1. The summed E-state index contributed by atoms with van der Waals surface area (Å²) in [6, 6.07) is 7.96. The summed E-state index contributed by atoms with van der Waals surface area (Å²) in [5, 5.41) is 0. The third kappa shape index (κ3) is 3.05. The highest BCUT2D eigenvalue weighted by Gasteiger charge is 2.10. The Hall–Kier alpha value is -1.94. The van der Waals surface area contributed by atoms with Crippen molar-refractivity contribution in [2.75, 3.05) is 6.54 Å². The second-order valence-electron chi connectivity index (χ2n) is 4.37. The zero-order chi connectivity index (χ0) is 13.0. The Labute approximate surface area is 106 Å². The number of imidazole rings is 1. The molecule has 0 unspecified atom stereocenters. The summed E-state index contributed by atoms with van der Waals surface area (Å²) >= 11 is 0. The van der Waals surface area contributed by atoms with E-state index in [2.05, 4.69) is 4.98 Å². The normalized spacial score (nSPS) is 10.6. The molecule has 0 atom stereocenters. The van der Waals surface area contributed by atoms with E-state index < -0.39 is 0 Å². The van der Waals surface area contributed by atoms with Gasteiger partial charge in [0.1, 0.15) is 5.69 Å². The molecule has 0 aliphatic heterocycles. The Kier molecular flexibility index (Phi) is 3.89. The molecule has 0 saturated carbocycles. The van der Waals surface area contributed by atoms with Gasteiger partial charge in [0.05, 0.1) is 6.33 Å². The number of aryl methyl sites for hydroxylation is 1. The smallest absolute Gasteiger partial charge is 0.187 e. The van der Waals surface area contributed by atoms with Gasteiger partial charge < -0.3 is 10.3 Å². The van der Waals surface area contributed by atoms with Crippen molar-refractivity contribution in [1.82, 2.24) is 9.55 Å². The first-order valence-electron chi connectivity index (χ1n) is 5.99. The third-order valence-electron chi connectivity index (χ3n) is 2.75. The number of hydrogen-bond donors (Lipinski definition) is 1. The quantitative estimate of drug-likeness (QED) is 0.811. The molecule has 0 radical (unpaired) electrons. The maximum atomic E-state index is 12.0. The van der Waals surface area contributed by atoms with Gasteiger partial charge in [-0.1, -0.05) is 29.8 Å². The van der Waals surface area contributed by atoms with Gasteiger partial charge in [0.15, 0.2) is 5.78 Å². The lowest BCUT2D eigenvalue weighted by Crippen LogP contribution is -2.08. The van der Waals surface area contributed by atoms with Crippen molar-refractivity contribution >= 4 is 5.78 Å². The molecule has 0 bridgehead atoms. The summed E-state index contributed by atoms with van der Waals surface area (Å²) in [6.07, 6.45) is 3.79. The topological polar surface area (TPSA) is 60.9 Å². The van der Waals surface area contributed by atoms with Crippen LogP contribution in [0.3, 0.4) is 0 Å². The molecule has 4 nitrogen and oxygen atoms in total. The molecule has 2 aromatic rings. The van der Waals surface area contributed by atoms with Crippen molar-refractivity contribution in [2.45, 2.75) is 19.9 Å². The summed E-state index contributed by atoms with van der Waals surface area (Å²) in [7, 11) is 0. The molecule has 0 fully saturated rings. The van der Waals surface area contributed by atoms with Crippen LogP contribution >= 0.6 is 0 Å². The minimum atomic E-state index is 0.0383. The fourth-order valence-electron chi connectivity index (χ4n) is 1.87. The van der Waals surface area contributed by atoms with Gasteiger partial charge in [-0.2, -0.15) is 0 Å². The average molecular weight is 243 g/mol. The summed E-state index contributed by atoms with van der Waals surface area (Å²) in [5.41, 5.74) is 8.14. The molecule has 1 heterocycles. The zero-order valence-electron chi connectivity index (χ0n) is 10.5. The van der Waals surface area contributed by atoms with Gasteiger partial charge in [0.2, 0.25) is 0 Å². The van der Waals surface area contributed by atoms with Gasteiger partial charge in [-0.05, 0) is 12.5 Å². The van der Waals surface area contributed by atoms with E-state index in [0.29, 0.717) is 25.2 Å². The number of Topliss-reactive ketones (excluding diaryl/α,β-unsaturated/α-hetero) is 1. The number of rotatable bonds is 5. The molecule has 0 aliphatic carbocycles. The molecule has 0 saturated heterocycles. The second kappa shape index (κ2) is 5.60. The highest BCUT2D eigenvalue weighted by atomic mass is 16.1. The van der Waals surface area contributed by atoms with Crippen molar-refractivity contribution in [3.05, 3.63) is 53.6 Å². The number of nitrogens with zero attached hydrogens (tertiary/aromatic N) is 2. The molecule has 0 spiro atoms. The minimum absolute atomic E-state index is 0.0383. The molecule has 18 heavy (non-hydrogen) atoms. The van der Waals surface area contributed by atoms with E-state index in [4.69, 9.17) is 5.73 Å². The minimum Gasteiger partial charge on any atom is -0.335 e. The third-order valence-corrected chi connectivity index (χ3v) is 2.75. The molecule has 94 valence electrons. The molecular formula is C14H17N3O. The van der Waals surface area contributed by atoms with Crippen molar-refractivity contribution in [3.63, 3.8) is 0 Å². The molecule has 2 N–H and O–H groups in total. The van der Waals surface area contributed by atoms with Crippen LogP contribution in [-0.4, -0.2) is 21.9 Å². The van der Waals surface area contributed by atoms with E-state index >= 15 is 0 Å². The van der Waals surface area contributed by atoms with Crippen LogP contribution in [0.2, 0.25) is 0 Å². The van der Waals surface area contributed by atoms with E-state index in [0.717, 1.165) is 11.1 Å². The number of hydrogen-bond acceptors (Lipinski definition) is 3. The van der Waals surface area contributed by atoms with Gasteiger partial charge >= 0.3 is 0 Å². The Morgan fingerprint density at radius 3 is 3.00 bits per heavy atom. The van der Waals surface area contributed by atoms with Crippen LogP contribution in [0.4, 0.5) is 0 Å². The molecule has 1 aromatic heterocycles. The lowest BCUT2D eigenvalue weighted by atomic mass is 10.1. The van der Waals surface area contributed by atoms with E-state index in [-0.39, 0.29) is 5.78 Å². The summed E-state index contributed by atoms with van der Waals surface area (Å²) in [6.45, 7) is 3.25. The fourth-order valence-corrected chi connectivity index (χ4v) is 1.87. The van der Waals surface area contributed by atoms with Crippen LogP contribution in [0.1, 0.15) is 21.6 Å². The van der Waals surface area contributed by atoms with Crippen LogP contribution in [0.25, 0.3) is 0 Å². The lowest BCUT2D eigenvalue weighted by molar-refractivity contribution is 0.0988. The lowest BCUT2D eigenvalue weighted by Gasteiger charge is -2.00. The van der Waals surface area contributed by atoms with Crippen LogP contribution in [0, 0.1) is 6.92 Å². The standard InChI is InChI=1S/C14H17N3O/c1-11-3-2-4-12(7-11)8-14(18)13-9-17(6-5-15)10-16-13/h2-4,7,9-10H,5-6,8,15H2,1H3. The van der Waals surface area contributed by atoms with Crippen LogP contribution in [0.15, 0.2) is 36.8 Å². The van der Waals surface area contributed by atoms with E-state index in [1.165, 1.54) is 0 Å². The second-order valence-corrected chi connectivity index (χ2v) is 4.37. The summed E-state index contributed by atoms with van der Waals surface area (Å²) in [4.78, 5) is 16.1. The van der Waals surface area contributed by atoms with E-state index in [1.54, 1.807) is 12.5 Å². The molecule has 2 rings (SSSR count). The molecule has 4 heteroatoms. The van der Waals surface area contributed by atoms with Gasteiger partial charge in [-0.25, -0.2) is 4.98 Å². The van der Waals surface area contributed by atoms with Crippen LogP contribution < -0.4 is 5.73 Å². The van der Waals surface area contributed by atoms with Gasteiger partial charge in [-0.3, -0.25) is 4.79 Å². The maximum Gasteiger partial charge on any atom is 0.187 e. The number of carbonyl (C=O) groups excluding carboxylic acids is 1. The number of ketones is 1. The predicted octanol–water partition coefficient (Wildman–Crippen LogP) is 1.58. The van der Waals surface area contributed by atoms with Crippen LogP contribution in [-0.2, 0) is 13.0 Å². The highest BCUT2D eigenvalue weighted by Crippen LogP contribution is 2.08. The largest absolute Gasteiger partial charge is 0.335 e. The monoisotopic (exact) mass is 243 g/mol. The molecule has 1 aromatic carbocycles. The number of nitrogens with two attached hydrogens (primary N) is 1. The zero-order valence-corrected chi connectivity index (χ0v) is 10.5. The van der Waals surface area contributed by atoms with Crippen molar-refractivity contribution in [1.29, 1.82) is 0 Å². The fraction of sp³-hybridized carbons (Fsp3) is 0.286. The first-order chi connectivity index (χ1) is 8.69. The number of benzene rings is 1. The predicted molar refractivity (Wildman–Crippen MR) is 70.5 cm³/mol. The van der Waals surface area contributed by atoms with E-state index in [1.807, 2.05) is 35.8 Å². The first-order valence-corrected chi connectivity index (χ1v) is 5.99. The van der Waals surface area contributed by atoms with Crippen molar-refractivity contribution in [3.8, 4) is 0 Å². The summed E-state index contributed by atoms with van der Waals surface area (Å²) < 4.78 is 1.84. The maximum absolute atomic E-state index is 12.0. The molecule has 0 aliphatic rings. The van der Waals surface area contributed by atoms with Crippen LogP contribution in [0.5, 0.6) is 0 Å². The van der Waals surface area contributed by atoms with E-state index in [9.17, 15) is 4.79 Å². The summed E-state index contributed by atoms with van der Waals surface area (Å²) in [5.74, 6) is 0.0383. The van der Waals surface area contributed by atoms with Gasteiger partial charge in [0.25, 0.3) is 0 Å². The Bertz CT molecular complexity index is 545. The average Bonchev–Trinajstić information content (AvgIpc) is 2.78. The number of aromatic nitrogens is 2. The molecular weight excluding hydrogens is 226 g/mol. The van der Waals surface area contributed by atoms with Gasteiger partial charge in [-0.15, -0.1) is 0 Å². The highest BCUT2D eigenvalue weighted by molar-refractivity contribution is 5.95. The Morgan fingerprint density at radius 2 is 2.28 bits per heavy atom. The Morgan fingerprint density at radius 1 is 1.44 bits per heavy atom. The first kappa shape index (κ1) is 12.5. The molecule has 0 amide bonds. The Balaban J connectivity index is 2.07. The van der Waals surface area contributed by atoms with Crippen molar-refractivity contribution in [2.24, 2.45) is 5.73 Å². The SMILES string of the molecule is Cc1cccc(CC(=O)c2cn(CCN)cn2)c1. The van der Waals surface area contributed by atoms with Gasteiger partial charge in [0, 0.05) is 25.7 Å². The van der Waals surface area contributed by atoms with Crippen molar-refractivity contribution < 1.29 is 4.79 Å².